The first-order valence-electron chi connectivity index (χ1n) is 7.53. The molecule has 1 aliphatic rings. The second kappa shape index (κ2) is 6.64. The number of carbonyl (C=O) groups excluding carboxylic acids is 1. The molecule has 1 fully saturated rings. The fraction of sp³-hybridized carbons (Fsp3) is 0.562. The third-order valence-electron chi connectivity index (χ3n) is 4.43. The number of hydrogen-bond acceptors (Lipinski definition) is 4. The van der Waals surface area contributed by atoms with Crippen LogP contribution in [-0.4, -0.2) is 74.4 Å². The summed E-state index contributed by atoms with van der Waals surface area (Å²) in [4.78, 5) is 14.6. The Labute approximate surface area is 132 Å². The van der Waals surface area contributed by atoms with E-state index < -0.39 is 0 Å². The first-order valence-corrected chi connectivity index (χ1v) is 7.53. The van der Waals surface area contributed by atoms with Gasteiger partial charge in [0.05, 0.1) is 32.9 Å². The van der Waals surface area contributed by atoms with Crippen molar-refractivity contribution in [2.45, 2.75) is 6.92 Å². The molecule has 22 heavy (non-hydrogen) atoms. The zero-order valence-electron chi connectivity index (χ0n) is 13.9. The van der Waals surface area contributed by atoms with Gasteiger partial charge in [0.1, 0.15) is 5.75 Å². The highest BCUT2D eigenvalue weighted by molar-refractivity contribution is 5.92. The van der Waals surface area contributed by atoms with Gasteiger partial charge >= 0.3 is 5.91 Å². The molecule has 1 amide bonds. The van der Waals surface area contributed by atoms with Crippen molar-refractivity contribution in [3.8, 4) is 5.75 Å². The Bertz CT molecular complexity index is 539. The zero-order valence-corrected chi connectivity index (χ0v) is 13.9. The third-order valence-corrected chi connectivity index (χ3v) is 4.43. The van der Waals surface area contributed by atoms with Crippen molar-refractivity contribution in [1.82, 2.24) is 4.90 Å². The molecule has 0 radical (unpaired) electrons. The van der Waals surface area contributed by atoms with Gasteiger partial charge in [-0.25, -0.2) is 0 Å². The molecule has 1 aromatic carbocycles. The summed E-state index contributed by atoms with van der Waals surface area (Å²) < 4.78 is 5.89. The molecule has 1 aromatic rings. The lowest BCUT2D eigenvalue weighted by molar-refractivity contribution is -0.906. The van der Waals surface area contributed by atoms with Crippen LogP contribution in [0.4, 0.5) is 5.69 Å². The van der Waals surface area contributed by atoms with Crippen LogP contribution in [0.15, 0.2) is 18.2 Å². The van der Waals surface area contributed by atoms with Gasteiger partial charge in [-0.15, -0.1) is 0 Å². The number of ether oxygens (including phenoxy) is 1. The van der Waals surface area contributed by atoms with E-state index in [9.17, 15) is 10.0 Å². The van der Waals surface area contributed by atoms with Gasteiger partial charge in [-0.1, -0.05) is 6.07 Å². The van der Waals surface area contributed by atoms with Crippen molar-refractivity contribution in [1.29, 1.82) is 0 Å². The summed E-state index contributed by atoms with van der Waals surface area (Å²) in [5, 5.41) is 10.9. The van der Waals surface area contributed by atoms with Crippen molar-refractivity contribution in [3.63, 3.8) is 0 Å². The number of nitrogens with zero attached hydrogens (tertiary/aromatic N) is 3. The summed E-state index contributed by atoms with van der Waals surface area (Å²) in [7, 11) is 5.73. The average molecular weight is 308 g/mol. The van der Waals surface area contributed by atoms with Gasteiger partial charge in [0, 0.05) is 19.2 Å². The molecule has 0 aliphatic carbocycles. The minimum absolute atomic E-state index is 0.292. The second-order valence-electron chi connectivity index (χ2n) is 6.39. The van der Waals surface area contributed by atoms with Crippen LogP contribution in [0, 0.1) is 6.92 Å². The summed E-state index contributed by atoms with van der Waals surface area (Å²) in [6.07, 6.45) is 0. The van der Waals surface area contributed by atoms with Gasteiger partial charge in [0.25, 0.3) is 0 Å². The lowest BCUT2D eigenvalue weighted by atomic mass is 10.2. The van der Waals surface area contributed by atoms with E-state index in [4.69, 9.17) is 4.74 Å². The topological polar surface area (TPSA) is 53.0 Å². The van der Waals surface area contributed by atoms with E-state index in [2.05, 4.69) is 19.0 Å². The van der Waals surface area contributed by atoms with Crippen LogP contribution in [0.5, 0.6) is 5.75 Å². The molecule has 0 bridgehead atoms. The first kappa shape index (κ1) is 16.7. The van der Waals surface area contributed by atoms with Crippen LogP contribution >= 0.6 is 0 Å². The van der Waals surface area contributed by atoms with Crippen molar-refractivity contribution < 1.29 is 19.2 Å². The van der Waals surface area contributed by atoms with E-state index in [-0.39, 0.29) is 5.91 Å². The van der Waals surface area contributed by atoms with Crippen LogP contribution in [0.25, 0.3) is 0 Å². The average Bonchev–Trinajstić information content (AvgIpc) is 2.50. The van der Waals surface area contributed by atoms with Crippen LogP contribution in [0.3, 0.4) is 0 Å². The molecule has 1 N–H and O–H groups in total. The number of amides is 1. The van der Waals surface area contributed by atoms with E-state index in [0.29, 0.717) is 22.5 Å². The molecule has 0 atom stereocenters. The molecule has 1 aliphatic heterocycles. The van der Waals surface area contributed by atoms with Crippen molar-refractivity contribution in [2.75, 3.05) is 59.0 Å². The van der Waals surface area contributed by atoms with Gasteiger partial charge in [-0.2, -0.15) is 5.06 Å². The number of likely N-dealkylation sites (N-methyl/N-ethyl adjacent to an activating group) is 2. The number of hydroxylamine groups is 1. The SMILES string of the molecule is COc1cc(N(O)C(=O)C[N+]2(C)CCN(C)CC2)ccc1C. The molecule has 0 saturated carbocycles. The molecular weight excluding hydrogens is 282 g/mol. The normalized spacial score (nSPS) is 18.0. The van der Waals surface area contributed by atoms with Crippen LogP contribution < -0.4 is 9.80 Å². The van der Waals surface area contributed by atoms with Crippen LogP contribution in [-0.2, 0) is 4.79 Å². The van der Waals surface area contributed by atoms with E-state index in [1.165, 1.54) is 0 Å². The number of anilines is 1. The minimum atomic E-state index is -0.294. The Hall–Kier alpha value is -1.63. The molecular formula is C16H26N3O3+. The number of piperazine rings is 1. The van der Waals surface area contributed by atoms with Crippen molar-refractivity contribution in [3.05, 3.63) is 23.8 Å². The Morgan fingerprint density at radius 2 is 2.05 bits per heavy atom. The van der Waals surface area contributed by atoms with E-state index in [1.807, 2.05) is 13.0 Å². The van der Waals surface area contributed by atoms with Crippen LogP contribution in [0.1, 0.15) is 5.56 Å². The lowest BCUT2D eigenvalue weighted by Gasteiger charge is -2.40. The lowest BCUT2D eigenvalue weighted by Crippen LogP contribution is -2.59. The quantitative estimate of drug-likeness (QED) is 0.514. The number of hydrogen-bond donors (Lipinski definition) is 1. The molecule has 122 valence electrons. The fourth-order valence-corrected chi connectivity index (χ4v) is 2.68. The van der Waals surface area contributed by atoms with Gasteiger partial charge < -0.3 is 9.22 Å². The van der Waals surface area contributed by atoms with E-state index in [0.717, 1.165) is 36.8 Å². The minimum Gasteiger partial charge on any atom is -0.496 e. The molecule has 1 heterocycles. The largest absolute Gasteiger partial charge is 0.496 e. The number of rotatable bonds is 4. The predicted octanol–water partition coefficient (Wildman–Crippen LogP) is 1.12. The number of aryl methyl sites for hydroxylation is 1. The predicted molar refractivity (Wildman–Crippen MR) is 85.3 cm³/mol. The fourth-order valence-electron chi connectivity index (χ4n) is 2.68. The first-order chi connectivity index (χ1) is 10.3. The monoisotopic (exact) mass is 308 g/mol. The Morgan fingerprint density at radius 3 is 2.64 bits per heavy atom. The highest BCUT2D eigenvalue weighted by Gasteiger charge is 2.32. The van der Waals surface area contributed by atoms with E-state index in [1.54, 1.807) is 19.2 Å². The van der Waals surface area contributed by atoms with Gasteiger partial charge in [-0.05, 0) is 25.6 Å². The highest BCUT2D eigenvalue weighted by Crippen LogP contribution is 2.24. The Kier molecular flexibility index (Phi) is 5.05. The maximum atomic E-state index is 12.4. The second-order valence-corrected chi connectivity index (χ2v) is 6.39. The van der Waals surface area contributed by atoms with Gasteiger partial charge in [0.15, 0.2) is 6.54 Å². The Balaban J connectivity index is 2.06. The van der Waals surface area contributed by atoms with E-state index >= 15 is 0 Å². The maximum absolute atomic E-state index is 12.4. The van der Waals surface area contributed by atoms with Gasteiger partial charge in [0.2, 0.25) is 0 Å². The number of methoxy groups -OCH3 is 1. The van der Waals surface area contributed by atoms with Crippen molar-refractivity contribution in [2.24, 2.45) is 0 Å². The smallest absolute Gasteiger partial charge is 0.305 e. The number of benzene rings is 1. The standard InChI is InChI=1S/C16H26N3O3/c1-13-5-6-14(11-15(13)22-4)18(21)16(20)12-19(3)9-7-17(2)8-10-19/h5-6,11,21H,7-10,12H2,1-4H3/q+1. The van der Waals surface area contributed by atoms with Crippen molar-refractivity contribution >= 4 is 11.6 Å². The molecule has 6 nitrogen and oxygen atoms in total. The summed E-state index contributed by atoms with van der Waals surface area (Å²) in [6, 6.07) is 5.23. The molecule has 0 spiro atoms. The summed E-state index contributed by atoms with van der Waals surface area (Å²) >= 11 is 0. The maximum Gasteiger partial charge on any atom is 0.305 e. The summed E-state index contributed by atoms with van der Waals surface area (Å²) in [5.41, 5.74) is 1.40. The number of carbonyl (C=O) groups is 1. The third kappa shape index (κ3) is 3.76. The summed E-state index contributed by atoms with van der Waals surface area (Å²) in [6.45, 7) is 5.96. The molecule has 1 saturated heterocycles. The zero-order chi connectivity index (χ0) is 16.3. The molecule has 2 rings (SSSR count). The van der Waals surface area contributed by atoms with Crippen LogP contribution in [0.2, 0.25) is 0 Å². The number of quaternary nitrogens is 1. The Morgan fingerprint density at radius 1 is 1.41 bits per heavy atom. The summed E-state index contributed by atoms with van der Waals surface area (Å²) in [5.74, 6) is 0.363. The van der Waals surface area contributed by atoms with Gasteiger partial charge in [-0.3, -0.25) is 14.9 Å². The molecule has 6 heteroatoms. The molecule has 0 unspecified atom stereocenters. The molecule has 0 aromatic heterocycles. The highest BCUT2D eigenvalue weighted by atomic mass is 16.5.